The van der Waals surface area contributed by atoms with Crippen molar-refractivity contribution >= 4 is 11.9 Å². The molecule has 0 bridgehead atoms. The molecular formula is C16H19NO3. The van der Waals surface area contributed by atoms with Gasteiger partial charge in [-0.2, -0.15) is 0 Å². The summed E-state index contributed by atoms with van der Waals surface area (Å²) in [6.45, 7) is 0. The lowest BCUT2D eigenvalue weighted by Crippen LogP contribution is -2.48. The number of carbonyl (C=O) groups excluding carboxylic acids is 1. The lowest BCUT2D eigenvalue weighted by Gasteiger charge is -2.34. The molecule has 3 rings (SSSR count). The number of hydrogen-bond acceptors (Lipinski definition) is 2. The van der Waals surface area contributed by atoms with Crippen molar-refractivity contribution in [1.82, 2.24) is 5.32 Å². The fourth-order valence-corrected chi connectivity index (χ4v) is 3.24. The number of fused-ring (bicyclic) bond motifs is 1. The van der Waals surface area contributed by atoms with Crippen LogP contribution in [-0.2, 0) is 22.4 Å². The van der Waals surface area contributed by atoms with Gasteiger partial charge in [0.2, 0.25) is 5.91 Å². The van der Waals surface area contributed by atoms with Crippen LogP contribution in [-0.4, -0.2) is 23.0 Å². The van der Waals surface area contributed by atoms with Crippen LogP contribution in [0.1, 0.15) is 30.4 Å². The van der Waals surface area contributed by atoms with Crippen molar-refractivity contribution in [3.05, 3.63) is 35.4 Å². The fraction of sp³-hybridized carbons (Fsp3) is 0.500. The monoisotopic (exact) mass is 273 g/mol. The number of benzene rings is 1. The average Bonchev–Trinajstić information content (AvgIpc) is 2.36. The lowest BCUT2D eigenvalue weighted by molar-refractivity contribution is -0.153. The highest BCUT2D eigenvalue weighted by Gasteiger charge is 2.41. The predicted molar refractivity (Wildman–Crippen MR) is 74.2 cm³/mol. The van der Waals surface area contributed by atoms with E-state index in [1.54, 1.807) is 0 Å². The van der Waals surface area contributed by atoms with Crippen molar-refractivity contribution < 1.29 is 14.7 Å². The predicted octanol–water partition coefficient (Wildman–Crippen LogP) is 1.77. The Morgan fingerprint density at radius 3 is 2.40 bits per heavy atom. The van der Waals surface area contributed by atoms with Gasteiger partial charge in [0.15, 0.2) is 0 Å². The third-order valence-electron chi connectivity index (χ3n) is 4.62. The van der Waals surface area contributed by atoms with Crippen LogP contribution < -0.4 is 5.32 Å². The maximum Gasteiger partial charge on any atom is 0.307 e. The van der Waals surface area contributed by atoms with E-state index in [1.165, 1.54) is 11.1 Å². The number of carbonyl (C=O) groups is 2. The van der Waals surface area contributed by atoms with E-state index < -0.39 is 11.9 Å². The van der Waals surface area contributed by atoms with Crippen molar-refractivity contribution in [3.8, 4) is 0 Å². The number of rotatable bonds is 3. The Morgan fingerprint density at radius 1 is 1.05 bits per heavy atom. The van der Waals surface area contributed by atoms with E-state index in [9.17, 15) is 9.59 Å². The first kappa shape index (κ1) is 13.2. The molecule has 3 unspecified atom stereocenters. The molecule has 1 amide bonds. The summed E-state index contributed by atoms with van der Waals surface area (Å²) in [5.41, 5.74) is 2.66. The molecule has 0 saturated heterocycles. The zero-order valence-electron chi connectivity index (χ0n) is 11.3. The van der Waals surface area contributed by atoms with Gasteiger partial charge in [-0.25, -0.2) is 0 Å². The SMILES string of the molecule is O=C(O)C1CCC1C(=O)NC1CCc2ccccc2C1. The molecule has 4 heteroatoms. The minimum Gasteiger partial charge on any atom is -0.481 e. The number of aryl methyl sites for hydroxylation is 1. The molecule has 0 spiro atoms. The highest BCUT2D eigenvalue weighted by molar-refractivity contribution is 5.86. The summed E-state index contributed by atoms with van der Waals surface area (Å²) in [6, 6.07) is 8.46. The molecule has 2 N–H and O–H groups in total. The fourth-order valence-electron chi connectivity index (χ4n) is 3.24. The molecule has 4 nitrogen and oxygen atoms in total. The summed E-state index contributed by atoms with van der Waals surface area (Å²) in [5.74, 6) is -1.73. The molecule has 1 saturated carbocycles. The molecule has 0 radical (unpaired) electrons. The number of carboxylic acids is 1. The van der Waals surface area contributed by atoms with E-state index in [0.29, 0.717) is 12.8 Å². The maximum absolute atomic E-state index is 12.1. The minimum atomic E-state index is -0.842. The molecule has 2 aliphatic carbocycles. The van der Waals surface area contributed by atoms with E-state index >= 15 is 0 Å². The van der Waals surface area contributed by atoms with Gasteiger partial charge in [0.1, 0.15) is 0 Å². The molecule has 0 heterocycles. The normalized spacial score (nSPS) is 28.1. The summed E-state index contributed by atoms with van der Waals surface area (Å²) in [6.07, 6.45) is 4.10. The van der Waals surface area contributed by atoms with Crippen molar-refractivity contribution in [2.75, 3.05) is 0 Å². The highest BCUT2D eigenvalue weighted by Crippen LogP contribution is 2.35. The number of nitrogens with one attached hydrogen (secondary N) is 1. The molecule has 106 valence electrons. The van der Waals surface area contributed by atoms with E-state index in [-0.39, 0.29) is 17.9 Å². The van der Waals surface area contributed by atoms with Crippen LogP contribution in [0.3, 0.4) is 0 Å². The molecule has 20 heavy (non-hydrogen) atoms. The number of hydrogen-bond donors (Lipinski definition) is 2. The Bertz CT molecular complexity index is 540. The van der Waals surface area contributed by atoms with Gasteiger partial charge in [-0.05, 0) is 43.2 Å². The van der Waals surface area contributed by atoms with Gasteiger partial charge in [-0.3, -0.25) is 9.59 Å². The first-order valence-corrected chi connectivity index (χ1v) is 7.25. The summed E-state index contributed by atoms with van der Waals surface area (Å²) >= 11 is 0. The Balaban J connectivity index is 1.60. The van der Waals surface area contributed by atoms with Gasteiger partial charge in [-0.15, -0.1) is 0 Å². The molecule has 2 aliphatic rings. The van der Waals surface area contributed by atoms with Gasteiger partial charge in [0.05, 0.1) is 11.8 Å². The second-order valence-electron chi connectivity index (χ2n) is 5.85. The van der Waals surface area contributed by atoms with Crippen LogP contribution in [0.4, 0.5) is 0 Å². The Morgan fingerprint density at radius 2 is 1.75 bits per heavy atom. The van der Waals surface area contributed by atoms with E-state index in [2.05, 4.69) is 17.4 Å². The first-order valence-electron chi connectivity index (χ1n) is 7.25. The van der Waals surface area contributed by atoms with Gasteiger partial charge in [0.25, 0.3) is 0 Å². The average molecular weight is 273 g/mol. The smallest absolute Gasteiger partial charge is 0.307 e. The summed E-state index contributed by atoms with van der Waals surface area (Å²) in [5, 5.41) is 12.1. The number of carboxylic acid groups (broad SMARTS) is 1. The number of aliphatic carboxylic acids is 1. The molecule has 1 fully saturated rings. The Hall–Kier alpha value is -1.84. The maximum atomic E-state index is 12.1. The van der Waals surface area contributed by atoms with E-state index in [0.717, 1.165) is 19.3 Å². The van der Waals surface area contributed by atoms with Crippen LogP contribution in [0.15, 0.2) is 24.3 Å². The molecule has 3 atom stereocenters. The third kappa shape index (κ3) is 2.42. The second kappa shape index (κ2) is 5.27. The zero-order chi connectivity index (χ0) is 14.1. The lowest BCUT2D eigenvalue weighted by atomic mass is 9.73. The van der Waals surface area contributed by atoms with Crippen LogP contribution >= 0.6 is 0 Å². The van der Waals surface area contributed by atoms with Crippen molar-refractivity contribution in [1.29, 1.82) is 0 Å². The minimum absolute atomic E-state index is 0.0759. The van der Waals surface area contributed by atoms with E-state index in [4.69, 9.17) is 5.11 Å². The third-order valence-corrected chi connectivity index (χ3v) is 4.62. The standard InChI is InChI=1S/C16H19NO3/c18-15(13-7-8-14(13)16(19)20)17-12-6-5-10-3-1-2-4-11(10)9-12/h1-4,12-14H,5-9H2,(H,17,18)(H,19,20). The van der Waals surface area contributed by atoms with Gasteiger partial charge in [0, 0.05) is 6.04 Å². The van der Waals surface area contributed by atoms with Crippen LogP contribution in [0.5, 0.6) is 0 Å². The van der Waals surface area contributed by atoms with Crippen LogP contribution in [0.2, 0.25) is 0 Å². The highest BCUT2D eigenvalue weighted by atomic mass is 16.4. The van der Waals surface area contributed by atoms with Crippen LogP contribution in [0.25, 0.3) is 0 Å². The molecule has 0 aliphatic heterocycles. The summed E-state index contributed by atoms with van der Waals surface area (Å²) in [7, 11) is 0. The van der Waals surface area contributed by atoms with Crippen molar-refractivity contribution in [2.24, 2.45) is 11.8 Å². The molecule has 1 aromatic carbocycles. The van der Waals surface area contributed by atoms with Crippen LogP contribution in [0, 0.1) is 11.8 Å². The second-order valence-corrected chi connectivity index (χ2v) is 5.85. The van der Waals surface area contributed by atoms with Crippen molar-refractivity contribution in [2.45, 2.75) is 38.1 Å². The largest absolute Gasteiger partial charge is 0.481 e. The molecular weight excluding hydrogens is 254 g/mol. The zero-order valence-corrected chi connectivity index (χ0v) is 11.3. The Kier molecular flexibility index (Phi) is 3.47. The Labute approximate surface area is 118 Å². The van der Waals surface area contributed by atoms with E-state index in [1.807, 2.05) is 12.1 Å². The summed E-state index contributed by atoms with van der Waals surface area (Å²) < 4.78 is 0. The van der Waals surface area contributed by atoms with Gasteiger partial charge in [-0.1, -0.05) is 24.3 Å². The van der Waals surface area contributed by atoms with Gasteiger partial charge >= 0.3 is 5.97 Å². The molecule has 1 aromatic rings. The molecule has 0 aromatic heterocycles. The topological polar surface area (TPSA) is 66.4 Å². The first-order chi connectivity index (χ1) is 9.65. The van der Waals surface area contributed by atoms with Crippen molar-refractivity contribution in [3.63, 3.8) is 0 Å². The van der Waals surface area contributed by atoms with Gasteiger partial charge < -0.3 is 10.4 Å². The summed E-state index contributed by atoms with van der Waals surface area (Å²) in [4.78, 5) is 23.1. The number of amides is 1. The quantitative estimate of drug-likeness (QED) is 0.882.